The zero-order valence-corrected chi connectivity index (χ0v) is 16.3. The summed E-state index contributed by atoms with van der Waals surface area (Å²) in [5.74, 6) is 0.0739. The molecule has 0 aromatic heterocycles. The van der Waals surface area contributed by atoms with Gasteiger partial charge in [0.1, 0.15) is 5.69 Å². The minimum absolute atomic E-state index is 0.0739. The molecule has 0 aliphatic carbocycles. The van der Waals surface area contributed by atoms with Crippen molar-refractivity contribution in [3.05, 3.63) is 110 Å². The number of nitro benzene ring substituents is 2. The van der Waals surface area contributed by atoms with Gasteiger partial charge in [-0.1, -0.05) is 60.7 Å². The molecule has 1 N–H and O–H groups in total. The summed E-state index contributed by atoms with van der Waals surface area (Å²) in [6, 6.07) is 23.5. The van der Waals surface area contributed by atoms with Gasteiger partial charge in [0, 0.05) is 17.7 Å². The lowest BCUT2D eigenvalue weighted by Crippen LogP contribution is -2.08. The van der Waals surface area contributed by atoms with Crippen LogP contribution >= 0.6 is 0 Å². The van der Waals surface area contributed by atoms with Gasteiger partial charge in [-0.2, -0.15) is 5.10 Å². The summed E-state index contributed by atoms with van der Waals surface area (Å²) < 4.78 is 0. The number of nitrogens with zero attached hydrogens (tertiary/aromatic N) is 3. The molecule has 0 spiro atoms. The quantitative estimate of drug-likeness (QED) is 0.302. The zero-order valence-electron chi connectivity index (χ0n) is 16.3. The van der Waals surface area contributed by atoms with Crippen molar-refractivity contribution in [1.29, 1.82) is 0 Å². The van der Waals surface area contributed by atoms with E-state index in [1.807, 2.05) is 43.3 Å². The van der Waals surface area contributed by atoms with Crippen molar-refractivity contribution in [3.8, 4) is 0 Å². The van der Waals surface area contributed by atoms with Gasteiger partial charge in [0.15, 0.2) is 0 Å². The molecule has 0 heterocycles. The van der Waals surface area contributed by atoms with Gasteiger partial charge in [0.05, 0.1) is 15.9 Å². The van der Waals surface area contributed by atoms with E-state index in [0.717, 1.165) is 22.9 Å². The number of nitrogens with one attached hydrogen (secondary N) is 1. The zero-order chi connectivity index (χ0) is 21.5. The van der Waals surface area contributed by atoms with Crippen molar-refractivity contribution in [2.75, 3.05) is 5.43 Å². The predicted molar refractivity (Wildman–Crippen MR) is 116 cm³/mol. The fourth-order valence-corrected chi connectivity index (χ4v) is 3.17. The summed E-state index contributed by atoms with van der Waals surface area (Å²) in [7, 11) is 0. The van der Waals surface area contributed by atoms with Gasteiger partial charge in [-0.25, -0.2) is 0 Å². The molecule has 0 fully saturated rings. The monoisotopic (exact) mass is 404 g/mol. The van der Waals surface area contributed by atoms with Gasteiger partial charge in [-0.05, 0) is 30.5 Å². The van der Waals surface area contributed by atoms with Crippen molar-refractivity contribution in [3.63, 3.8) is 0 Å². The van der Waals surface area contributed by atoms with Crippen LogP contribution < -0.4 is 5.43 Å². The molecular weight excluding hydrogens is 384 g/mol. The molecule has 152 valence electrons. The largest absolute Gasteiger partial charge is 0.301 e. The Kier molecular flexibility index (Phi) is 6.49. The van der Waals surface area contributed by atoms with Gasteiger partial charge in [-0.15, -0.1) is 0 Å². The smallest absolute Gasteiger partial charge is 0.272 e. The van der Waals surface area contributed by atoms with Crippen molar-refractivity contribution in [1.82, 2.24) is 0 Å². The molecule has 0 amide bonds. The Morgan fingerprint density at radius 2 is 1.47 bits per heavy atom. The molecule has 0 bridgehead atoms. The van der Waals surface area contributed by atoms with Crippen LogP contribution in [0.3, 0.4) is 0 Å². The maximum Gasteiger partial charge on any atom is 0.301 e. The van der Waals surface area contributed by atoms with Crippen molar-refractivity contribution in [2.24, 2.45) is 5.10 Å². The molecule has 8 heteroatoms. The molecule has 30 heavy (non-hydrogen) atoms. The van der Waals surface area contributed by atoms with Crippen LogP contribution in [0.2, 0.25) is 0 Å². The standard InChI is InChI=1S/C22H20N4O4/c1-16(23-24-21-13-12-19(25(27)28)15-22(21)26(29)30)14-20(17-8-4-2-5-9-17)18-10-6-3-7-11-18/h2-13,15,20,24H,14H2,1H3/b23-16-. The number of rotatable bonds is 8. The van der Waals surface area contributed by atoms with E-state index in [2.05, 4.69) is 34.8 Å². The lowest BCUT2D eigenvalue weighted by molar-refractivity contribution is -0.393. The number of benzene rings is 3. The highest BCUT2D eigenvalue weighted by Crippen LogP contribution is 2.30. The molecule has 0 unspecified atom stereocenters. The Hall–Kier alpha value is -4.07. The van der Waals surface area contributed by atoms with E-state index in [9.17, 15) is 20.2 Å². The number of nitro groups is 2. The van der Waals surface area contributed by atoms with Gasteiger partial charge in [0.25, 0.3) is 5.69 Å². The molecule has 0 aliphatic rings. The number of hydrazone groups is 1. The van der Waals surface area contributed by atoms with Crippen LogP contribution in [0.25, 0.3) is 0 Å². The Labute approximate surface area is 173 Å². The molecule has 0 atom stereocenters. The molecule has 0 radical (unpaired) electrons. The Bertz CT molecular complexity index is 1030. The lowest BCUT2D eigenvalue weighted by atomic mass is 9.87. The lowest BCUT2D eigenvalue weighted by Gasteiger charge is -2.18. The predicted octanol–water partition coefficient (Wildman–Crippen LogP) is 5.51. The third-order valence-electron chi connectivity index (χ3n) is 4.66. The Balaban J connectivity index is 1.84. The van der Waals surface area contributed by atoms with Crippen LogP contribution in [0.4, 0.5) is 17.1 Å². The van der Waals surface area contributed by atoms with Crippen LogP contribution in [0.5, 0.6) is 0 Å². The number of anilines is 1. The van der Waals surface area contributed by atoms with Crippen molar-refractivity contribution >= 4 is 22.8 Å². The third kappa shape index (κ3) is 5.05. The topological polar surface area (TPSA) is 111 Å². The minimum atomic E-state index is -0.671. The van der Waals surface area contributed by atoms with Gasteiger partial charge < -0.3 is 0 Å². The van der Waals surface area contributed by atoms with Crippen molar-refractivity contribution < 1.29 is 9.85 Å². The summed E-state index contributed by atoms with van der Waals surface area (Å²) >= 11 is 0. The maximum atomic E-state index is 11.3. The van der Waals surface area contributed by atoms with E-state index in [1.54, 1.807) is 0 Å². The summed E-state index contributed by atoms with van der Waals surface area (Å²) in [6.45, 7) is 1.84. The highest BCUT2D eigenvalue weighted by Gasteiger charge is 2.20. The van der Waals surface area contributed by atoms with E-state index in [0.29, 0.717) is 6.42 Å². The molecule has 3 rings (SSSR count). The summed E-state index contributed by atoms with van der Waals surface area (Å²) in [4.78, 5) is 20.8. The molecule has 3 aromatic carbocycles. The summed E-state index contributed by atoms with van der Waals surface area (Å²) in [5.41, 5.74) is 5.06. The molecule has 3 aromatic rings. The van der Waals surface area contributed by atoms with E-state index < -0.39 is 15.5 Å². The fourth-order valence-electron chi connectivity index (χ4n) is 3.17. The number of hydrogen-bond donors (Lipinski definition) is 1. The first-order valence-electron chi connectivity index (χ1n) is 9.27. The molecule has 0 aliphatic heterocycles. The highest BCUT2D eigenvalue weighted by atomic mass is 16.6. The van der Waals surface area contributed by atoms with E-state index in [4.69, 9.17) is 0 Å². The second-order valence-electron chi connectivity index (χ2n) is 6.75. The third-order valence-corrected chi connectivity index (χ3v) is 4.66. The van der Waals surface area contributed by atoms with Crippen LogP contribution in [-0.2, 0) is 0 Å². The summed E-state index contributed by atoms with van der Waals surface area (Å²) in [6.07, 6.45) is 0.599. The van der Waals surface area contributed by atoms with Gasteiger partial charge >= 0.3 is 5.69 Å². The average Bonchev–Trinajstić information content (AvgIpc) is 2.77. The normalized spacial score (nSPS) is 11.3. The molecular formula is C22H20N4O4. The second kappa shape index (κ2) is 9.42. The van der Waals surface area contributed by atoms with Crippen LogP contribution in [0.15, 0.2) is 84.0 Å². The SMILES string of the molecule is C/C(CC(c1ccccc1)c1ccccc1)=N/Nc1ccc([N+](=O)[O-])cc1[N+](=O)[O-]. The van der Waals surface area contributed by atoms with Crippen LogP contribution in [0, 0.1) is 20.2 Å². The van der Waals surface area contributed by atoms with Gasteiger partial charge in [0.2, 0.25) is 0 Å². The molecule has 0 saturated heterocycles. The fraction of sp³-hybridized carbons (Fsp3) is 0.136. The molecule has 8 nitrogen and oxygen atoms in total. The van der Waals surface area contributed by atoms with E-state index in [-0.39, 0.29) is 17.3 Å². The second-order valence-corrected chi connectivity index (χ2v) is 6.75. The highest BCUT2D eigenvalue weighted by molar-refractivity contribution is 5.84. The summed E-state index contributed by atoms with van der Waals surface area (Å²) in [5, 5.41) is 26.5. The average molecular weight is 404 g/mol. The molecule has 0 saturated carbocycles. The first-order chi connectivity index (χ1) is 14.5. The number of hydrogen-bond acceptors (Lipinski definition) is 6. The minimum Gasteiger partial charge on any atom is -0.272 e. The number of non-ortho nitro benzene ring substituents is 1. The van der Waals surface area contributed by atoms with E-state index in [1.165, 1.54) is 12.1 Å². The van der Waals surface area contributed by atoms with Crippen LogP contribution in [0.1, 0.15) is 30.4 Å². The maximum absolute atomic E-state index is 11.3. The first-order valence-corrected chi connectivity index (χ1v) is 9.27. The van der Waals surface area contributed by atoms with Crippen LogP contribution in [-0.4, -0.2) is 15.6 Å². The Morgan fingerprint density at radius 3 is 1.97 bits per heavy atom. The first kappa shape index (κ1) is 20.7. The van der Waals surface area contributed by atoms with E-state index >= 15 is 0 Å². The Morgan fingerprint density at radius 1 is 0.900 bits per heavy atom. The van der Waals surface area contributed by atoms with Crippen molar-refractivity contribution in [2.45, 2.75) is 19.3 Å². The van der Waals surface area contributed by atoms with Gasteiger partial charge in [-0.3, -0.25) is 25.7 Å².